The molecule has 0 aliphatic carbocycles. The monoisotopic (exact) mass is 316 g/mol. The molecular weight excluding hydrogens is 292 g/mol. The van der Waals surface area contributed by atoms with E-state index in [1.165, 1.54) is 12.8 Å². The van der Waals surface area contributed by atoms with Gasteiger partial charge in [-0.1, -0.05) is 5.16 Å². The number of nitrogens with one attached hydrogen (secondary N) is 2. The Hall–Kier alpha value is -2.15. The van der Waals surface area contributed by atoms with Crippen LogP contribution in [0.15, 0.2) is 16.9 Å². The molecule has 1 atom stereocenters. The van der Waals surface area contributed by atoms with E-state index < -0.39 is 0 Å². The zero-order valence-corrected chi connectivity index (χ0v) is 14.0. The molecule has 3 heterocycles. The van der Waals surface area contributed by atoms with Crippen LogP contribution in [0.1, 0.15) is 29.9 Å². The Morgan fingerprint density at radius 2 is 2.22 bits per heavy atom. The summed E-state index contributed by atoms with van der Waals surface area (Å²) in [6.07, 6.45) is 3.98. The predicted octanol–water partition coefficient (Wildman–Crippen LogP) is 1.88. The minimum absolute atomic E-state index is 0.454. The Kier molecular flexibility index (Phi) is 4.76. The summed E-state index contributed by atoms with van der Waals surface area (Å²) in [6, 6.07) is 2.46. The van der Waals surface area contributed by atoms with Crippen molar-refractivity contribution < 1.29 is 4.52 Å². The highest BCUT2D eigenvalue weighted by Crippen LogP contribution is 2.24. The maximum absolute atomic E-state index is 5.21. The second-order valence-corrected chi connectivity index (χ2v) is 5.93. The quantitative estimate of drug-likeness (QED) is 0.842. The zero-order valence-electron chi connectivity index (χ0n) is 14.0. The lowest BCUT2D eigenvalue weighted by molar-refractivity contribution is 0.391. The fourth-order valence-corrected chi connectivity index (χ4v) is 3.11. The number of nitrogens with zero attached hydrogens (tertiary/aromatic N) is 4. The van der Waals surface area contributed by atoms with Gasteiger partial charge >= 0.3 is 0 Å². The van der Waals surface area contributed by atoms with E-state index in [0.717, 1.165) is 48.3 Å². The van der Waals surface area contributed by atoms with Gasteiger partial charge in [0.1, 0.15) is 23.7 Å². The summed E-state index contributed by atoms with van der Waals surface area (Å²) in [7, 11) is 1.87. The Balaban J connectivity index is 1.61. The first-order chi connectivity index (χ1) is 11.2. The van der Waals surface area contributed by atoms with Gasteiger partial charge < -0.3 is 20.1 Å². The van der Waals surface area contributed by atoms with Gasteiger partial charge in [0.15, 0.2) is 0 Å². The first-order valence-corrected chi connectivity index (χ1v) is 8.08. The normalized spacial score (nSPS) is 17.7. The molecule has 1 aliphatic rings. The van der Waals surface area contributed by atoms with Crippen LogP contribution in [0.5, 0.6) is 0 Å². The van der Waals surface area contributed by atoms with Crippen LogP contribution < -0.4 is 15.5 Å². The highest BCUT2D eigenvalue weighted by atomic mass is 16.5. The minimum atomic E-state index is 0.454. The molecule has 2 N–H and O–H groups in total. The fourth-order valence-electron chi connectivity index (χ4n) is 3.11. The molecule has 124 valence electrons. The van der Waals surface area contributed by atoms with Gasteiger partial charge in [0.2, 0.25) is 0 Å². The maximum atomic E-state index is 5.21. The molecule has 0 bridgehead atoms. The van der Waals surface area contributed by atoms with Crippen molar-refractivity contribution in [1.29, 1.82) is 0 Å². The van der Waals surface area contributed by atoms with E-state index in [-0.39, 0.29) is 0 Å². The van der Waals surface area contributed by atoms with Gasteiger partial charge in [0, 0.05) is 44.4 Å². The third-order valence-electron chi connectivity index (χ3n) is 4.44. The van der Waals surface area contributed by atoms with E-state index in [2.05, 4.69) is 30.7 Å². The van der Waals surface area contributed by atoms with E-state index >= 15 is 0 Å². The summed E-state index contributed by atoms with van der Waals surface area (Å²) < 4.78 is 5.21. The van der Waals surface area contributed by atoms with Crippen LogP contribution in [0.25, 0.3) is 0 Å². The van der Waals surface area contributed by atoms with Gasteiger partial charge in [-0.3, -0.25) is 0 Å². The van der Waals surface area contributed by atoms with Gasteiger partial charge in [0.05, 0.1) is 5.69 Å². The summed E-state index contributed by atoms with van der Waals surface area (Å²) in [5, 5.41) is 10.6. The first-order valence-electron chi connectivity index (χ1n) is 8.08. The Bertz CT molecular complexity index is 636. The third kappa shape index (κ3) is 3.44. The van der Waals surface area contributed by atoms with Crippen molar-refractivity contribution in [2.45, 2.75) is 39.3 Å². The van der Waals surface area contributed by atoms with E-state index in [9.17, 15) is 0 Å². The molecule has 0 saturated carbocycles. The number of rotatable bonds is 6. The first kappa shape index (κ1) is 15.7. The van der Waals surface area contributed by atoms with Crippen molar-refractivity contribution in [3.63, 3.8) is 0 Å². The predicted molar refractivity (Wildman–Crippen MR) is 89.6 cm³/mol. The third-order valence-corrected chi connectivity index (χ3v) is 4.44. The highest BCUT2D eigenvalue weighted by Gasteiger charge is 2.25. The van der Waals surface area contributed by atoms with Crippen LogP contribution in [-0.4, -0.2) is 41.3 Å². The molecule has 1 unspecified atom stereocenters. The molecule has 0 aromatic carbocycles. The SMILES string of the molecule is CNc1cc(N2CCCC2CNCc2c(C)noc2C)ncn1. The van der Waals surface area contributed by atoms with Crippen LogP contribution in [-0.2, 0) is 6.54 Å². The summed E-state index contributed by atoms with van der Waals surface area (Å²) in [6.45, 7) is 6.69. The molecule has 23 heavy (non-hydrogen) atoms. The Labute approximate surface area is 136 Å². The zero-order chi connectivity index (χ0) is 16.2. The molecule has 3 rings (SSSR count). The molecule has 0 radical (unpaired) electrons. The standard InChI is InChI=1S/C16H24N6O/c1-11-14(12(2)23-21-11)9-18-8-13-5-4-6-22(13)16-7-15(17-3)19-10-20-16/h7,10,13,18H,4-6,8-9H2,1-3H3,(H,17,19,20). The van der Waals surface area contributed by atoms with Crippen molar-refractivity contribution in [2.75, 3.05) is 30.4 Å². The van der Waals surface area contributed by atoms with Crippen LogP contribution in [0.2, 0.25) is 0 Å². The van der Waals surface area contributed by atoms with Crippen molar-refractivity contribution in [2.24, 2.45) is 0 Å². The molecule has 1 saturated heterocycles. The summed E-state index contributed by atoms with van der Waals surface area (Å²) >= 11 is 0. The fraction of sp³-hybridized carbons (Fsp3) is 0.562. The van der Waals surface area contributed by atoms with Crippen molar-refractivity contribution in [1.82, 2.24) is 20.4 Å². The van der Waals surface area contributed by atoms with Crippen LogP contribution in [0, 0.1) is 13.8 Å². The van der Waals surface area contributed by atoms with Crippen molar-refractivity contribution in [3.8, 4) is 0 Å². The van der Waals surface area contributed by atoms with Gasteiger partial charge in [-0.15, -0.1) is 0 Å². The Morgan fingerprint density at radius 1 is 1.35 bits per heavy atom. The van der Waals surface area contributed by atoms with Crippen LogP contribution >= 0.6 is 0 Å². The summed E-state index contributed by atoms with van der Waals surface area (Å²) in [5.74, 6) is 2.74. The molecule has 0 spiro atoms. The highest BCUT2D eigenvalue weighted by molar-refractivity contribution is 5.49. The maximum Gasteiger partial charge on any atom is 0.138 e. The minimum Gasteiger partial charge on any atom is -0.373 e. The second kappa shape index (κ2) is 6.95. The lowest BCUT2D eigenvalue weighted by Gasteiger charge is -2.26. The average Bonchev–Trinajstić information content (AvgIpc) is 3.16. The molecule has 7 nitrogen and oxygen atoms in total. The molecule has 2 aromatic heterocycles. The van der Waals surface area contributed by atoms with Crippen molar-refractivity contribution in [3.05, 3.63) is 29.4 Å². The van der Waals surface area contributed by atoms with E-state index in [4.69, 9.17) is 4.52 Å². The number of hydrogen-bond donors (Lipinski definition) is 2. The summed E-state index contributed by atoms with van der Waals surface area (Å²) in [5.41, 5.74) is 2.13. The average molecular weight is 316 g/mol. The second-order valence-electron chi connectivity index (χ2n) is 5.93. The van der Waals surface area contributed by atoms with Crippen LogP contribution in [0.3, 0.4) is 0 Å². The van der Waals surface area contributed by atoms with E-state index in [1.807, 2.05) is 27.0 Å². The van der Waals surface area contributed by atoms with Crippen LogP contribution in [0.4, 0.5) is 11.6 Å². The molecule has 0 amide bonds. The molecular formula is C16H24N6O. The van der Waals surface area contributed by atoms with Gasteiger partial charge in [0.25, 0.3) is 0 Å². The van der Waals surface area contributed by atoms with E-state index in [0.29, 0.717) is 6.04 Å². The van der Waals surface area contributed by atoms with E-state index in [1.54, 1.807) is 6.33 Å². The number of aromatic nitrogens is 3. The number of hydrogen-bond acceptors (Lipinski definition) is 7. The smallest absolute Gasteiger partial charge is 0.138 e. The van der Waals surface area contributed by atoms with Crippen molar-refractivity contribution >= 4 is 11.6 Å². The lowest BCUT2D eigenvalue weighted by atomic mass is 10.2. The number of anilines is 2. The molecule has 2 aromatic rings. The molecule has 7 heteroatoms. The van der Waals surface area contributed by atoms with Gasteiger partial charge in [-0.25, -0.2) is 9.97 Å². The van der Waals surface area contributed by atoms with Gasteiger partial charge in [-0.05, 0) is 26.7 Å². The molecule has 1 fully saturated rings. The topological polar surface area (TPSA) is 79.1 Å². The number of aryl methyl sites for hydroxylation is 2. The summed E-state index contributed by atoms with van der Waals surface area (Å²) in [4.78, 5) is 11.0. The largest absolute Gasteiger partial charge is 0.373 e. The molecule has 1 aliphatic heterocycles. The van der Waals surface area contributed by atoms with Gasteiger partial charge in [-0.2, -0.15) is 0 Å². The lowest BCUT2D eigenvalue weighted by Crippen LogP contribution is -2.38. The Morgan fingerprint density at radius 3 is 2.96 bits per heavy atom.